The summed E-state index contributed by atoms with van der Waals surface area (Å²) in [6, 6.07) is 6.71. The molecule has 1 aromatic rings. The number of unbranched alkanes of at least 4 members (excludes halogenated alkanes) is 1. The van der Waals surface area contributed by atoms with Crippen molar-refractivity contribution in [2.24, 2.45) is 0 Å². The molecule has 0 unspecified atom stereocenters. The normalized spacial score (nSPS) is 11.4. The van der Waals surface area contributed by atoms with E-state index in [2.05, 4.69) is 50.6 Å². The first-order chi connectivity index (χ1) is 8.86. The van der Waals surface area contributed by atoms with Gasteiger partial charge in [0.25, 0.3) is 0 Å². The third kappa shape index (κ3) is 4.70. The van der Waals surface area contributed by atoms with Crippen LogP contribution in [0, 0.1) is 13.8 Å². The standard InChI is InChI=1S/C17H26O2/c1-13-9-10-15(12-14(13)2)17(3,4)11-7-6-8-16(18)19-5/h9-10,12H,6-8,11H2,1-5H3. The Morgan fingerprint density at radius 2 is 1.84 bits per heavy atom. The van der Waals surface area contributed by atoms with Gasteiger partial charge in [0.1, 0.15) is 0 Å². The second kappa shape index (κ2) is 6.74. The lowest BCUT2D eigenvalue weighted by molar-refractivity contribution is -0.140. The highest BCUT2D eigenvalue weighted by Crippen LogP contribution is 2.30. The van der Waals surface area contributed by atoms with Gasteiger partial charge in [0.2, 0.25) is 0 Å². The highest BCUT2D eigenvalue weighted by Gasteiger charge is 2.20. The smallest absolute Gasteiger partial charge is 0.305 e. The Balaban J connectivity index is 2.55. The number of methoxy groups -OCH3 is 1. The van der Waals surface area contributed by atoms with Gasteiger partial charge in [-0.2, -0.15) is 0 Å². The van der Waals surface area contributed by atoms with Gasteiger partial charge in [-0.15, -0.1) is 0 Å². The molecule has 0 saturated carbocycles. The fourth-order valence-electron chi connectivity index (χ4n) is 2.25. The Bertz CT molecular complexity index is 433. The molecule has 106 valence electrons. The number of hydrogen-bond donors (Lipinski definition) is 0. The minimum absolute atomic E-state index is 0.107. The van der Waals surface area contributed by atoms with E-state index in [1.165, 1.54) is 23.8 Å². The Labute approximate surface area is 117 Å². The SMILES string of the molecule is COC(=O)CCCCC(C)(C)c1ccc(C)c(C)c1. The molecule has 0 aliphatic carbocycles. The van der Waals surface area contributed by atoms with Gasteiger partial charge in [0, 0.05) is 6.42 Å². The molecule has 0 atom stereocenters. The van der Waals surface area contributed by atoms with E-state index in [1.807, 2.05) is 0 Å². The van der Waals surface area contributed by atoms with E-state index in [1.54, 1.807) is 0 Å². The lowest BCUT2D eigenvalue weighted by Gasteiger charge is -2.26. The maximum atomic E-state index is 11.1. The summed E-state index contributed by atoms with van der Waals surface area (Å²) in [5, 5.41) is 0. The fourth-order valence-corrected chi connectivity index (χ4v) is 2.25. The van der Waals surface area contributed by atoms with Gasteiger partial charge in [-0.05, 0) is 48.8 Å². The average Bonchev–Trinajstić information content (AvgIpc) is 2.37. The number of carbonyl (C=O) groups is 1. The predicted octanol–water partition coefficient (Wildman–Crippen LogP) is 4.31. The minimum atomic E-state index is -0.107. The van der Waals surface area contributed by atoms with Crippen LogP contribution in [0.5, 0.6) is 0 Å². The Morgan fingerprint density at radius 3 is 2.42 bits per heavy atom. The molecule has 0 aliphatic heterocycles. The number of carbonyl (C=O) groups excluding carboxylic acids is 1. The summed E-state index contributed by atoms with van der Waals surface area (Å²) < 4.78 is 4.66. The van der Waals surface area contributed by atoms with E-state index in [0.29, 0.717) is 6.42 Å². The molecule has 0 N–H and O–H groups in total. The van der Waals surface area contributed by atoms with Crippen LogP contribution >= 0.6 is 0 Å². The molecule has 1 aromatic carbocycles. The largest absolute Gasteiger partial charge is 0.469 e. The van der Waals surface area contributed by atoms with Crippen LogP contribution in [0.3, 0.4) is 0 Å². The van der Waals surface area contributed by atoms with Gasteiger partial charge in [-0.3, -0.25) is 4.79 Å². The summed E-state index contributed by atoms with van der Waals surface area (Å²) in [4.78, 5) is 11.1. The number of rotatable bonds is 6. The zero-order chi connectivity index (χ0) is 14.5. The van der Waals surface area contributed by atoms with Gasteiger partial charge in [0.15, 0.2) is 0 Å². The highest BCUT2D eigenvalue weighted by atomic mass is 16.5. The van der Waals surface area contributed by atoms with Gasteiger partial charge >= 0.3 is 5.97 Å². The molecule has 1 rings (SSSR count). The average molecular weight is 262 g/mol. The summed E-state index contributed by atoms with van der Waals surface area (Å²) >= 11 is 0. The quantitative estimate of drug-likeness (QED) is 0.564. The molecule has 0 radical (unpaired) electrons. The zero-order valence-electron chi connectivity index (χ0n) is 12.9. The van der Waals surface area contributed by atoms with E-state index in [9.17, 15) is 4.79 Å². The van der Waals surface area contributed by atoms with Crippen LogP contribution < -0.4 is 0 Å². The first-order valence-electron chi connectivity index (χ1n) is 7.01. The van der Waals surface area contributed by atoms with E-state index in [-0.39, 0.29) is 11.4 Å². The van der Waals surface area contributed by atoms with Crippen molar-refractivity contribution in [1.29, 1.82) is 0 Å². The molecule has 0 bridgehead atoms. The molecule has 0 amide bonds. The molecule has 0 heterocycles. The van der Waals surface area contributed by atoms with E-state index < -0.39 is 0 Å². The van der Waals surface area contributed by atoms with Crippen LogP contribution in [0.25, 0.3) is 0 Å². The van der Waals surface area contributed by atoms with Crippen LogP contribution in [-0.2, 0) is 14.9 Å². The lowest BCUT2D eigenvalue weighted by Crippen LogP contribution is -2.17. The van der Waals surface area contributed by atoms with Crippen molar-refractivity contribution < 1.29 is 9.53 Å². The topological polar surface area (TPSA) is 26.3 Å². The number of esters is 1. The predicted molar refractivity (Wildman–Crippen MR) is 79.4 cm³/mol. The minimum Gasteiger partial charge on any atom is -0.469 e. The number of ether oxygens (including phenoxy) is 1. The second-order valence-electron chi connectivity index (χ2n) is 5.97. The first kappa shape index (κ1) is 15.7. The second-order valence-corrected chi connectivity index (χ2v) is 5.97. The van der Waals surface area contributed by atoms with Crippen LogP contribution in [0.4, 0.5) is 0 Å². The summed E-state index contributed by atoms with van der Waals surface area (Å²) in [6.45, 7) is 8.85. The van der Waals surface area contributed by atoms with Crippen LogP contribution in [0.1, 0.15) is 56.2 Å². The van der Waals surface area contributed by atoms with Crippen molar-refractivity contribution in [3.63, 3.8) is 0 Å². The molecule has 0 saturated heterocycles. The molecule has 0 aliphatic rings. The van der Waals surface area contributed by atoms with Crippen molar-refractivity contribution in [3.8, 4) is 0 Å². The number of hydrogen-bond acceptors (Lipinski definition) is 2. The van der Waals surface area contributed by atoms with Crippen molar-refractivity contribution in [2.45, 2.75) is 58.8 Å². The number of benzene rings is 1. The highest BCUT2D eigenvalue weighted by molar-refractivity contribution is 5.68. The lowest BCUT2D eigenvalue weighted by atomic mass is 9.79. The summed E-state index contributed by atoms with van der Waals surface area (Å²) in [5.74, 6) is -0.107. The van der Waals surface area contributed by atoms with Crippen LogP contribution in [-0.4, -0.2) is 13.1 Å². The Morgan fingerprint density at radius 1 is 1.16 bits per heavy atom. The summed E-state index contributed by atoms with van der Waals surface area (Å²) in [7, 11) is 1.45. The zero-order valence-corrected chi connectivity index (χ0v) is 12.9. The summed E-state index contributed by atoms with van der Waals surface area (Å²) in [5.41, 5.74) is 4.23. The molecule has 2 nitrogen and oxygen atoms in total. The van der Waals surface area contributed by atoms with Gasteiger partial charge in [-0.1, -0.05) is 38.5 Å². The molecule has 19 heavy (non-hydrogen) atoms. The maximum Gasteiger partial charge on any atom is 0.305 e. The molecule has 2 heteroatoms. The van der Waals surface area contributed by atoms with Crippen molar-refractivity contribution in [1.82, 2.24) is 0 Å². The molecule has 0 spiro atoms. The van der Waals surface area contributed by atoms with Crippen LogP contribution in [0.2, 0.25) is 0 Å². The Kier molecular flexibility index (Phi) is 5.59. The molecule has 0 fully saturated rings. The van der Waals surface area contributed by atoms with Gasteiger partial charge in [-0.25, -0.2) is 0 Å². The molecular weight excluding hydrogens is 236 g/mol. The number of aryl methyl sites for hydroxylation is 2. The van der Waals surface area contributed by atoms with E-state index in [4.69, 9.17) is 0 Å². The molecular formula is C17H26O2. The monoisotopic (exact) mass is 262 g/mol. The van der Waals surface area contributed by atoms with E-state index in [0.717, 1.165) is 19.3 Å². The van der Waals surface area contributed by atoms with Gasteiger partial charge < -0.3 is 4.74 Å². The summed E-state index contributed by atoms with van der Waals surface area (Å²) in [6.07, 6.45) is 3.57. The van der Waals surface area contributed by atoms with Gasteiger partial charge in [0.05, 0.1) is 7.11 Å². The van der Waals surface area contributed by atoms with Crippen LogP contribution in [0.15, 0.2) is 18.2 Å². The first-order valence-corrected chi connectivity index (χ1v) is 7.01. The Hall–Kier alpha value is -1.31. The van der Waals surface area contributed by atoms with Crippen molar-refractivity contribution in [2.75, 3.05) is 7.11 Å². The third-order valence-corrected chi connectivity index (χ3v) is 3.95. The fraction of sp³-hybridized carbons (Fsp3) is 0.588. The van der Waals surface area contributed by atoms with E-state index >= 15 is 0 Å². The molecule has 0 aromatic heterocycles. The van der Waals surface area contributed by atoms with Crippen molar-refractivity contribution >= 4 is 5.97 Å². The third-order valence-electron chi connectivity index (χ3n) is 3.95. The van der Waals surface area contributed by atoms with Crippen molar-refractivity contribution in [3.05, 3.63) is 34.9 Å². The maximum absolute atomic E-state index is 11.1.